The number of carboxylic acid groups (broad SMARTS) is 1. The lowest BCUT2D eigenvalue weighted by Crippen LogP contribution is -2.12. The third-order valence-corrected chi connectivity index (χ3v) is 6.45. The minimum absolute atomic E-state index is 0.148. The number of pyridine rings is 1. The molecule has 2 heterocycles. The number of para-hydroxylation sites is 1. The van der Waals surface area contributed by atoms with Crippen LogP contribution < -0.4 is 15.5 Å². The van der Waals surface area contributed by atoms with Crippen molar-refractivity contribution in [2.75, 3.05) is 12.4 Å². The molecule has 0 radical (unpaired) electrons. The highest BCUT2D eigenvalue weighted by atomic mass is 16.5. The van der Waals surface area contributed by atoms with E-state index < -0.39 is 5.97 Å². The van der Waals surface area contributed by atoms with Crippen molar-refractivity contribution in [3.63, 3.8) is 0 Å². The number of nitrogens with zero attached hydrogens (tertiary/aromatic N) is 1. The lowest BCUT2D eigenvalue weighted by atomic mass is 9.99. The van der Waals surface area contributed by atoms with Gasteiger partial charge in [0.1, 0.15) is 11.3 Å². The van der Waals surface area contributed by atoms with Gasteiger partial charge in [0.15, 0.2) is 5.43 Å². The van der Waals surface area contributed by atoms with Crippen molar-refractivity contribution in [3.8, 4) is 17.2 Å². The van der Waals surface area contributed by atoms with Crippen LogP contribution in [0.25, 0.3) is 33.2 Å². The van der Waals surface area contributed by atoms with Crippen LogP contribution in [0, 0.1) is 13.8 Å². The normalized spacial score (nSPS) is 12.0. The molecule has 37 heavy (non-hydrogen) atoms. The molecule has 5 aromatic rings. The van der Waals surface area contributed by atoms with Gasteiger partial charge in [-0.3, -0.25) is 4.79 Å². The zero-order valence-corrected chi connectivity index (χ0v) is 21.0. The van der Waals surface area contributed by atoms with Gasteiger partial charge in [-0.05, 0) is 68.3 Å². The van der Waals surface area contributed by atoms with Crippen molar-refractivity contribution in [2.24, 2.45) is 0 Å². The molecular formula is C30H26N2O5. The van der Waals surface area contributed by atoms with E-state index in [0.717, 1.165) is 33.2 Å². The number of fused-ring (bicyclic) bond motifs is 2. The Kier molecular flexibility index (Phi) is 6.13. The topological polar surface area (TPSA) is 102 Å². The summed E-state index contributed by atoms with van der Waals surface area (Å²) in [5.41, 5.74) is 5.16. The van der Waals surface area contributed by atoms with Gasteiger partial charge in [-0.15, -0.1) is 0 Å². The summed E-state index contributed by atoms with van der Waals surface area (Å²) in [5.74, 6) is -0.0369. The van der Waals surface area contributed by atoms with Crippen molar-refractivity contribution >= 4 is 33.5 Å². The van der Waals surface area contributed by atoms with Crippen molar-refractivity contribution in [2.45, 2.75) is 26.8 Å². The van der Waals surface area contributed by atoms with Crippen LogP contribution in [0.15, 0.2) is 75.9 Å². The highest BCUT2D eigenvalue weighted by Crippen LogP contribution is 2.33. The second-order valence-electron chi connectivity index (χ2n) is 9.14. The predicted molar refractivity (Wildman–Crippen MR) is 145 cm³/mol. The first-order chi connectivity index (χ1) is 17.7. The number of methoxy groups -OCH3 is 1. The number of carboxylic acids is 1. The van der Waals surface area contributed by atoms with E-state index in [1.165, 1.54) is 6.07 Å². The SMILES string of the molecule is COc1ccc2cc(-c3cc(=O)c4cc(C)cc(C(C)Nc5ccccc5C(=O)O)c4o3)cc(C)c2n1. The maximum Gasteiger partial charge on any atom is 0.337 e. The molecule has 7 heteroatoms. The summed E-state index contributed by atoms with van der Waals surface area (Å²) in [7, 11) is 1.58. The zero-order valence-electron chi connectivity index (χ0n) is 21.0. The Morgan fingerprint density at radius 2 is 1.84 bits per heavy atom. The molecule has 0 fully saturated rings. The Hall–Kier alpha value is -4.65. The number of aromatic nitrogens is 1. The number of aryl methyl sites for hydroxylation is 2. The van der Waals surface area contributed by atoms with Gasteiger partial charge in [-0.1, -0.05) is 18.2 Å². The maximum atomic E-state index is 13.2. The Labute approximate surface area is 213 Å². The van der Waals surface area contributed by atoms with Crippen LogP contribution in [-0.2, 0) is 0 Å². The standard InChI is InChI=1S/C30H26N2O5/c1-16-11-22(18(3)31-24-8-6-5-7-21(24)30(34)35)29-23(12-16)25(33)15-26(37-29)20-13-17(2)28-19(14-20)9-10-27(32-28)36-4/h5-15,18,31H,1-4H3,(H,34,35). The first-order valence-corrected chi connectivity index (χ1v) is 11.9. The third-order valence-electron chi connectivity index (χ3n) is 6.45. The number of rotatable bonds is 6. The van der Waals surface area contributed by atoms with E-state index in [4.69, 9.17) is 9.15 Å². The Balaban J connectivity index is 1.64. The minimum Gasteiger partial charge on any atom is -0.481 e. The fourth-order valence-electron chi connectivity index (χ4n) is 4.66. The molecule has 0 saturated carbocycles. The fourth-order valence-corrected chi connectivity index (χ4v) is 4.66. The van der Waals surface area contributed by atoms with Crippen LogP contribution in [0.3, 0.4) is 0 Å². The van der Waals surface area contributed by atoms with Gasteiger partial charge in [0, 0.05) is 34.3 Å². The summed E-state index contributed by atoms with van der Waals surface area (Å²) in [6, 6.07) is 19.3. The predicted octanol–water partition coefficient (Wildman–Crippen LogP) is 6.50. The molecule has 5 rings (SSSR count). The average molecular weight is 495 g/mol. The summed E-state index contributed by atoms with van der Waals surface area (Å²) < 4.78 is 11.7. The maximum absolute atomic E-state index is 13.2. The summed E-state index contributed by atoms with van der Waals surface area (Å²) in [6.07, 6.45) is 0. The largest absolute Gasteiger partial charge is 0.481 e. The van der Waals surface area contributed by atoms with Crippen LogP contribution in [0.4, 0.5) is 5.69 Å². The molecule has 0 amide bonds. The van der Waals surface area contributed by atoms with Gasteiger partial charge in [0.2, 0.25) is 5.88 Å². The van der Waals surface area contributed by atoms with E-state index in [2.05, 4.69) is 10.3 Å². The van der Waals surface area contributed by atoms with Gasteiger partial charge in [-0.25, -0.2) is 9.78 Å². The number of benzene rings is 3. The fraction of sp³-hybridized carbons (Fsp3) is 0.167. The first kappa shape index (κ1) is 24.1. The Morgan fingerprint density at radius 1 is 1.05 bits per heavy atom. The van der Waals surface area contributed by atoms with Crippen LogP contribution in [-0.4, -0.2) is 23.2 Å². The summed E-state index contributed by atoms with van der Waals surface area (Å²) in [4.78, 5) is 29.5. The van der Waals surface area contributed by atoms with E-state index in [-0.39, 0.29) is 17.0 Å². The quantitative estimate of drug-likeness (QED) is 0.278. The summed E-state index contributed by atoms with van der Waals surface area (Å²) in [6.45, 7) is 5.79. The zero-order chi connectivity index (χ0) is 26.3. The average Bonchev–Trinajstić information content (AvgIpc) is 2.88. The number of aromatic carboxylic acids is 1. The van der Waals surface area contributed by atoms with Crippen molar-refractivity contribution in [3.05, 3.63) is 99.2 Å². The van der Waals surface area contributed by atoms with Gasteiger partial charge < -0.3 is 19.6 Å². The van der Waals surface area contributed by atoms with E-state index in [0.29, 0.717) is 28.3 Å². The number of hydrogen-bond donors (Lipinski definition) is 2. The number of ether oxygens (including phenoxy) is 1. The van der Waals surface area contributed by atoms with Gasteiger partial charge in [0.05, 0.1) is 29.6 Å². The van der Waals surface area contributed by atoms with Crippen LogP contribution in [0.5, 0.6) is 5.88 Å². The molecule has 7 nitrogen and oxygen atoms in total. The molecule has 0 bridgehead atoms. The van der Waals surface area contributed by atoms with Crippen molar-refractivity contribution < 1.29 is 19.1 Å². The second-order valence-corrected chi connectivity index (χ2v) is 9.14. The van der Waals surface area contributed by atoms with Crippen LogP contribution in [0.1, 0.15) is 40.0 Å². The highest BCUT2D eigenvalue weighted by Gasteiger charge is 2.19. The first-order valence-electron chi connectivity index (χ1n) is 11.9. The molecule has 0 spiro atoms. The second kappa shape index (κ2) is 9.43. The molecule has 0 saturated heterocycles. The number of hydrogen-bond acceptors (Lipinski definition) is 6. The summed E-state index contributed by atoms with van der Waals surface area (Å²) >= 11 is 0. The number of anilines is 1. The monoisotopic (exact) mass is 494 g/mol. The molecule has 0 aliphatic carbocycles. The van der Waals surface area contributed by atoms with Gasteiger partial charge in [0.25, 0.3) is 0 Å². The molecule has 1 atom stereocenters. The molecule has 0 aliphatic heterocycles. The number of nitrogens with one attached hydrogen (secondary N) is 1. The highest BCUT2D eigenvalue weighted by molar-refractivity contribution is 5.94. The summed E-state index contributed by atoms with van der Waals surface area (Å²) in [5, 5.41) is 14.2. The van der Waals surface area contributed by atoms with Gasteiger partial charge >= 0.3 is 5.97 Å². The van der Waals surface area contributed by atoms with Crippen LogP contribution in [0.2, 0.25) is 0 Å². The minimum atomic E-state index is -1.02. The molecule has 186 valence electrons. The van der Waals surface area contributed by atoms with Crippen LogP contribution >= 0.6 is 0 Å². The third kappa shape index (κ3) is 4.51. The van der Waals surface area contributed by atoms with E-state index >= 15 is 0 Å². The molecule has 2 aromatic heterocycles. The molecule has 1 unspecified atom stereocenters. The Bertz CT molecular complexity index is 1740. The molecular weight excluding hydrogens is 468 g/mol. The molecule has 3 aromatic carbocycles. The van der Waals surface area contributed by atoms with E-state index in [9.17, 15) is 14.7 Å². The molecule has 2 N–H and O–H groups in total. The molecule has 0 aliphatic rings. The van der Waals surface area contributed by atoms with E-state index in [1.54, 1.807) is 37.4 Å². The van der Waals surface area contributed by atoms with Crippen molar-refractivity contribution in [1.29, 1.82) is 0 Å². The smallest absolute Gasteiger partial charge is 0.337 e. The Morgan fingerprint density at radius 3 is 2.59 bits per heavy atom. The number of carbonyl (C=O) groups is 1. The van der Waals surface area contributed by atoms with Crippen molar-refractivity contribution in [1.82, 2.24) is 4.98 Å². The van der Waals surface area contributed by atoms with Gasteiger partial charge in [-0.2, -0.15) is 0 Å². The lowest BCUT2D eigenvalue weighted by Gasteiger charge is -2.19. The van der Waals surface area contributed by atoms with E-state index in [1.807, 2.05) is 51.1 Å². The lowest BCUT2D eigenvalue weighted by molar-refractivity contribution is 0.0698.